The van der Waals surface area contributed by atoms with Gasteiger partial charge < -0.3 is 15.3 Å². The normalized spacial score (nSPS) is 53.9. The molecule has 0 aromatic carbocycles. The zero-order valence-corrected chi connectivity index (χ0v) is 14.7. The summed E-state index contributed by atoms with van der Waals surface area (Å²) in [5.74, 6) is 3.30. The summed E-state index contributed by atoms with van der Waals surface area (Å²) in [6.07, 6.45) is 8.08. The highest BCUT2D eigenvalue weighted by Crippen LogP contribution is 2.80. The van der Waals surface area contributed by atoms with Gasteiger partial charge in [-0.1, -0.05) is 0 Å². The Morgan fingerprint density at radius 3 is 2.48 bits per heavy atom. The van der Waals surface area contributed by atoms with Crippen LogP contribution in [0.4, 0.5) is 0 Å². The summed E-state index contributed by atoms with van der Waals surface area (Å²) in [4.78, 5) is 27.8. The van der Waals surface area contributed by atoms with Crippen molar-refractivity contribution in [1.82, 2.24) is 10.2 Å². The minimum absolute atomic E-state index is 0.00252. The van der Waals surface area contributed by atoms with Crippen LogP contribution in [0.5, 0.6) is 0 Å². The molecule has 2 N–H and O–H groups in total. The monoisotopic (exact) mass is 344 g/mol. The number of nitrogens with zero attached hydrogens (tertiary/aromatic N) is 1. The van der Waals surface area contributed by atoms with Crippen molar-refractivity contribution in [2.24, 2.45) is 35.0 Å². The molecular weight excluding hydrogens is 316 g/mol. The molecule has 5 aliphatic carbocycles. The van der Waals surface area contributed by atoms with Crippen molar-refractivity contribution < 1.29 is 14.7 Å². The highest BCUT2D eigenvalue weighted by molar-refractivity contribution is 5.89. The van der Waals surface area contributed by atoms with E-state index in [1.165, 1.54) is 19.3 Å². The Labute approximate surface area is 148 Å². The molecule has 0 aromatic rings. The van der Waals surface area contributed by atoms with Crippen LogP contribution in [0.3, 0.4) is 0 Å². The molecule has 0 spiro atoms. The Hall–Kier alpha value is -1.10. The van der Waals surface area contributed by atoms with Gasteiger partial charge in [-0.15, -0.1) is 0 Å². The second kappa shape index (κ2) is 4.79. The summed E-state index contributed by atoms with van der Waals surface area (Å²) in [6, 6.07) is 0.788. The van der Waals surface area contributed by atoms with Gasteiger partial charge in [-0.05, 0) is 75.0 Å². The second-order valence-electron chi connectivity index (χ2n) is 9.87. The number of aliphatic hydroxyl groups excluding tert-OH is 1. The lowest BCUT2D eigenvalue weighted by Gasteiger charge is -2.31. The number of carbonyl (C=O) groups is 2. The van der Waals surface area contributed by atoms with Gasteiger partial charge in [0, 0.05) is 24.5 Å². The lowest BCUT2D eigenvalue weighted by molar-refractivity contribution is -0.139. The van der Waals surface area contributed by atoms with Crippen molar-refractivity contribution in [3.63, 3.8) is 0 Å². The van der Waals surface area contributed by atoms with E-state index in [1.54, 1.807) is 0 Å². The Kier molecular flexibility index (Phi) is 2.87. The van der Waals surface area contributed by atoms with E-state index in [9.17, 15) is 14.7 Å². The third-order valence-corrected chi connectivity index (χ3v) is 8.82. The number of rotatable bonds is 4. The first-order valence-electron chi connectivity index (χ1n) is 10.4. The fourth-order valence-corrected chi connectivity index (χ4v) is 7.59. The summed E-state index contributed by atoms with van der Waals surface area (Å²) in [5.41, 5.74) is 0.0612. The molecular formula is C20H28N2O3. The average molecular weight is 344 g/mol. The van der Waals surface area contributed by atoms with Crippen LogP contribution < -0.4 is 5.32 Å². The molecule has 5 heteroatoms. The molecule has 136 valence electrons. The number of amides is 2. The maximum atomic E-state index is 13.4. The molecule has 25 heavy (non-hydrogen) atoms. The molecule has 2 unspecified atom stereocenters. The molecule has 7 fully saturated rings. The van der Waals surface area contributed by atoms with Crippen LogP contribution in [0.15, 0.2) is 0 Å². The van der Waals surface area contributed by atoms with Gasteiger partial charge in [0.05, 0.1) is 11.5 Å². The quantitative estimate of drug-likeness (QED) is 0.808. The maximum Gasteiger partial charge on any atom is 0.229 e. The van der Waals surface area contributed by atoms with Crippen LogP contribution in [0.2, 0.25) is 0 Å². The highest BCUT2D eigenvalue weighted by Gasteiger charge is 2.79. The van der Waals surface area contributed by atoms with E-state index in [2.05, 4.69) is 10.2 Å². The van der Waals surface area contributed by atoms with E-state index in [0.29, 0.717) is 55.1 Å². The zero-order valence-electron chi connectivity index (χ0n) is 14.7. The molecule has 0 aromatic heterocycles. The summed E-state index contributed by atoms with van der Waals surface area (Å²) in [5, 5.41) is 12.5. The fourth-order valence-electron chi connectivity index (χ4n) is 7.59. The minimum Gasteiger partial charge on any atom is -0.393 e. The standard InChI is InChI=1S/C20H28N2O3/c23-14-6-11(7-14)18(24)21-9-12-5-13-1-2-17(12)22(13)19(25)20-8-10-3-15(20)16(20)4-10/h10-17,23H,1-9H2,(H,21,24)/t10?,11?,12-,13+,14?,15?,16?,17-,20?/m0/s1. The lowest BCUT2D eigenvalue weighted by atomic mass is 9.81. The van der Waals surface area contributed by atoms with E-state index in [0.717, 1.165) is 25.2 Å². The molecule has 2 amide bonds. The molecule has 2 heterocycles. The Morgan fingerprint density at radius 2 is 1.84 bits per heavy atom. The molecule has 5 nitrogen and oxygen atoms in total. The van der Waals surface area contributed by atoms with Crippen LogP contribution in [0.1, 0.15) is 51.4 Å². The van der Waals surface area contributed by atoms with Gasteiger partial charge >= 0.3 is 0 Å². The third-order valence-electron chi connectivity index (χ3n) is 8.82. The second-order valence-corrected chi connectivity index (χ2v) is 9.87. The molecule has 5 atom stereocenters. The van der Waals surface area contributed by atoms with Crippen molar-refractivity contribution in [3.8, 4) is 0 Å². The topological polar surface area (TPSA) is 69.6 Å². The van der Waals surface area contributed by atoms with Crippen molar-refractivity contribution >= 4 is 11.8 Å². The van der Waals surface area contributed by atoms with Crippen molar-refractivity contribution in [2.75, 3.05) is 6.54 Å². The van der Waals surface area contributed by atoms with E-state index >= 15 is 0 Å². The fraction of sp³-hybridized carbons (Fsp3) is 0.900. The van der Waals surface area contributed by atoms with Crippen LogP contribution in [-0.4, -0.2) is 46.6 Å². The smallest absolute Gasteiger partial charge is 0.229 e. The SMILES string of the molecule is O=C(NC[C@@H]1C[C@H]2CC[C@@H]1N2C(=O)C12CC3CC1C2C3)C1CC(O)C1. The van der Waals surface area contributed by atoms with E-state index in [4.69, 9.17) is 0 Å². The largest absolute Gasteiger partial charge is 0.393 e. The average Bonchev–Trinajstić information content (AvgIpc) is 3.22. The van der Waals surface area contributed by atoms with E-state index in [1.807, 2.05) is 0 Å². The lowest BCUT2D eigenvalue weighted by Crippen LogP contribution is -2.45. The van der Waals surface area contributed by atoms with Crippen molar-refractivity contribution in [1.29, 1.82) is 0 Å². The van der Waals surface area contributed by atoms with Gasteiger partial charge in [0.15, 0.2) is 0 Å². The van der Waals surface area contributed by atoms with Gasteiger partial charge in [0.2, 0.25) is 11.8 Å². The number of hydrogen-bond acceptors (Lipinski definition) is 3. The van der Waals surface area contributed by atoms with Gasteiger partial charge in [-0.3, -0.25) is 9.59 Å². The Morgan fingerprint density at radius 1 is 1.08 bits per heavy atom. The summed E-state index contributed by atoms with van der Waals surface area (Å²) < 4.78 is 0. The highest BCUT2D eigenvalue weighted by atomic mass is 16.3. The first-order chi connectivity index (χ1) is 12.1. The van der Waals surface area contributed by atoms with Crippen LogP contribution in [0.25, 0.3) is 0 Å². The maximum absolute atomic E-state index is 13.4. The van der Waals surface area contributed by atoms with E-state index in [-0.39, 0.29) is 23.3 Å². The summed E-state index contributed by atoms with van der Waals surface area (Å²) in [7, 11) is 0. The van der Waals surface area contributed by atoms with Gasteiger partial charge in [-0.25, -0.2) is 0 Å². The first kappa shape index (κ1) is 15.0. The molecule has 7 rings (SSSR count). The first-order valence-corrected chi connectivity index (χ1v) is 10.4. The van der Waals surface area contributed by atoms with Gasteiger partial charge in [-0.2, -0.15) is 0 Å². The number of carbonyl (C=O) groups excluding carboxylic acids is 2. The van der Waals surface area contributed by atoms with E-state index < -0.39 is 0 Å². The zero-order chi connectivity index (χ0) is 16.9. The predicted octanol–water partition coefficient (Wildman–Crippen LogP) is 1.30. The molecule has 7 aliphatic rings. The van der Waals surface area contributed by atoms with Gasteiger partial charge in [0.1, 0.15) is 0 Å². The minimum atomic E-state index is -0.283. The van der Waals surface area contributed by atoms with Crippen molar-refractivity contribution in [2.45, 2.75) is 69.6 Å². The van der Waals surface area contributed by atoms with Crippen molar-refractivity contribution in [3.05, 3.63) is 0 Å². The van der Waals surface area contributed by atoms with Crippen LogP contribution in [0, 0.1) is 35.0 Å². The Balaban J connectivity index is 1.11. The number of aliphatic hydroxyl groups is 1. The van der Waals surface area contributed by atoms with Crippen LogP contribution in [-0.2, 0) is 9.59 Å². The summed E-state index contributed by atoms with van der Waals surface area (Å²) >= 11 is 0. The molecule has 5 saturated carbocycles. The third kappa shape index (κ3) is 1.83. The molecule has 2 saturated heterocycles. The molecule has 6 bridgehead atoms. The predicted molar refractivity (Wildman–Crippen MR) is 90.3 cm³/mol. The summed E-state index contributed by atoms with van der Waals surface area (Å²) in [6.45, 7) is 0.707. The number of hydrogen-bond donors (Lipinski definition) is 2. The number of nitrogens with one attached hydrogen (secondary N) is 1. The molecule has 0 radical (unpaired) electrons. The molecule has 2 aliphatic heterocycles. The Bertz CT molecular complexity index is 631. The van der Waals surface area contributed by atoms with Crippen LogP contribution >= 0.6 is 0 Å². The number of fused-ring (bicyclic) bond motifs is 2. The van der Waals surface area contributed by atoms with Gasteiger partial charge in [0.25, 0.3) is 0 Å².